The number of halogens is 1. The van der Waals surface area contributed by atoms with E-state index < -0.39 is 5.82 Å². The molecule has 0 aliphatic heterocycles. The number of pyridine rings is 1. The van der Waals surface area contributed by atoms with Crippen molar-refractivity contribution in [1.82, 2.24) is 4.98 Å². The summed E-state index contributed by atoms with van der Waals surface area (Å²) in [7, 11) is 0. The topological polar surface area (TPSA) is 33.1 Å². The molecule has 76 valence electrons. The smallest absolute Gasteiger partial charge is 0.165 e. The Hall–Kier alpha value is -1.90. The Morgan fingerprint density at radius 3 is 2.67 bits per heavy atom. The van der Waals surface area contributed by atoms with Crippen LogP contribution in [-0.4, -0.2) is 10.1 Å². The minimum absolute atomic E-state index is 0.353. The van der Waals surface area contributed by atoms with Crippen LogP contribution in [0, 0.1) is 12.7 Å². The Balaban J connectivity index is 2.54. The minimum Gasteiger partial charge on any atom is -0.504 e. The molecule has 3 heteroatoms. The van der Waals surface area contributed by atoms with Gasteiger partial charge in [0, 0.05) is 11.8 Å². The van der Waals surface area contributed by atoms with Crippen LogP contribution in [0.25, 0.3) is 11.3 Å². The summed E-state index contributed by atoms with van der Waals surface area (Å²) in [6.07, 6.45) is 1.68. The maximum Gasteiger partial charge on any atom is 0.165 e. The first-order valence-corrected chi connectivity index (χ1v) is 4.59. The van der Waals surface area contributed by atoms with Crippen LogP contribution >= 0.6 is 0 Å². The number of hydrogen-bond donors (Lipinski definition) is 1. The number of rotatable bonds is 1. The summed E-state index contributed by atoms with van der Waals surface area (Å²) in [5.74, 6) is -0.983. The van der Waals surface area contributed by atoms with E-state index in [0.717, 1.165) is 5.56 Å². The number of aromatic hydroxyl groups is 1. The van der Waals surface area contributed by atoms with E-state index in [2.05, 4.69) is 4.98 Å². The highest BCUT2D eigenvalue weighted by atomic mass is 19.1. The monoisotopic (exact) mass is 203 g/mol. The largest absolute Gasteiger partial charge is 0.504 e. The van der Waals surface area contributed by atoms with Crippen LogP contribution in [0.1, 0.15) is 5.56 Å². The molecular weight excluding hydrogens is 193 g/mol. The third-order valence-corrected chi connectivity index (χ3v) is 2.17. The van der Waals surface area contributed by atoms with Gasteiger partial charge in [-0.2, -0.15) is 0 Å². The second-order valence-electron chi connectivity index (χ2n) is 3.36. The van der Waals surface area contributed by atoms with Crippen LogP contribution in [0.5, 0.6) is 5.75 Å². The van der Waals surface area contributed by atoms with Crippen LogP contribution in [0.3, 0.4) is 0 Å². The molecule has 2 aromatic rings. The van der Waals surface area contributed by atoms with Crippen molar-refractivity contribution in [3.63, 3.8) is 0 Å². The van der Waals surface area contributed by atoms with E-state index in [0.29, 0.717) is 11.3 Å². The average molecular weight is 203 g/mol. The summed E-state index contributed by atoms with van der Waals surface area (Å²) in [5.41, 5.74) is 2.00. The zero-order valence-corrected chi connectivity index (χ0v) is 8.24. The van der Waals surface area contributed by atoms with Crippen LogP contribution in [0.2, 0.25) is 0 Å². The van der Waals surface area contributed by atoms with Gasteiger partial charge in [-0.15, -0.1) is 0 Å². The van der Waals surface area contributed by atoms with Crippen molar-refractivity contribution in [3.8, 4) is 17.0 Å². The van der Waals surface area contributed by atoms with Crippen molar-refractivity contribution in [2.24, 2.45) is 0 Å². The Labute approximate surface area is 87.0 Å². The van der Waals surface area contributed by atoms with Gasteiger partial charge in [0.05, 0.1) is 5.69 Å². The molecular formula is C12H10FNO. The van der Waals surface area contributed by atoms with Gasteiger partial charge in [-0.05, 0) is 30.7 Å². The van der Waals surface area contributed by atoms with Gasteiger partial charge in [-0.25, -0.2) is 4.39 Å². The molecule has 0 fully saturated rings. The van der Waals surface area contributed by atoms with E-state index in [1.165, 1.54) is 6.07 Å². The first-order chi connectivity index (χ1) is 7.18. The van der Waals surface area contributed by atoms with Crippen molar-refractivity contribution >= 4 is 0 Å². The van der Waals surface area contributed by atoms with Crippen molar-refractivity contribution in [2.45, 2.75) is 6.92 Å². The highest BCUT2D eigenvalue weighted by Crippen LogP contribution is 2.29. The standard InChI is InChI=1S/C12H10FNO/c1-8-5-6-11(14-7-8)9-3-2-4-10(13)12(9)15/h2-7,15H,1H3. The van der Waals surface area contributed by atoms with Gasteiger partial charge in [0.2, 0.25) is 0 Å². The second kappa shape index (κ2) is 3.69. The fourth-order valence-corrected chi connectivity index (χ4v) is 1.35. The molecule has 0 atom stereocenters. The minimum atomic E-state index is -0.630. The Kier molecular flexibility index (Phi) is 2.37. The number of phenolic OH excluding ortho intramolecular Hbond substituents is 1. The molecule has 2 rings (SSSR count). The van der Waals surface area contributed by atoms with Crippen molar-refractivity contribution in [3.05, 3.63) is 47.9 Å². The molecule has 0 spiro atoms. The van der Waals surface area contributed by atoms with Crippen molar-refractivity contribution in [2.75, 3.05) is 0 Å². The number of benzene rings is 1. The number of hydrogen-bond acceptors (Lipinski definition) is 2. The Bertz CT molecular complexity index is 479. The maximum absolute atomic E-state index is 13.1. The fourth-order valence-electron chi connectivity index (χ4n) is 1.35. The normalized spacial score (nSPS) is 10.3. The molecule has 0 unspecified atom stereocenters. The summed E-state index contributed by atoms with van der Waals surface area (Å²) in [6.45, 7) is 1.92. The SMILES string of the molecule is Cc1ccc(-c2cccc(F)c2O)nc1. The predicted octanol–water partition coefficient (Wildman–Crippen LogP) is 2.90. The number of nitrogens with zero attached hydrogens (tertiary/aromatic N) is 1. The second-order valence-corrected chi connectivity index (χ2v) is 3.36. The van der Waals surface area contributed by atoms with Gasteiger partial charge in [-0.1, -0.05) is 12.1 Å². The van der Waals surface area contributed by atoms with Gasteiger partial charge in [0.15, 0.2) is 11.6 Å². The lowest BCUT2D eigenvalue weighted by Gasteiger charge is -2.04. The van der Waals surface area contributed by atoms with E-state index in [9.17, 15) is 9.50 Å². The fraction of sp³-hybridized carbons (Fsp3) is 0.0833. The lowest BCUT2D eigenvalue weighted by Crippen LogP contribution is -1.86. The summed E-state index contributed by atoms with van der Waals surface area (Å²) < 4.78 is 13.1. The third-order valence-electron chi connectivity index (χ3n) is 2.17. The highest BCUT2D eigenvalue weighted by molar-refractivity contribution is 5.66. The lowest BCUT2D eigenvalue weighted by molar-refractivity contribution is 0.434. The van der Waals surface area contributed by atoms with E-state index in [1.54, 1.807) is 24.4 Å². The van der Waals surface area contributed by atoms with Crippen molar-refractivity contribution < 1.29 is 9.50 Å². The molecule has 0 saturated carbocycles. The van der Waals surface area contributed by atoms with Crippen LogP contribution < -0.4 is 0 Å². The zero-order chi connectivity index (χ0) is 10.8. The molecule has 2 nitrogen and oxygen atoms in total. The molecule has 0 bridgehead atoms. The summed E-state index contributed by atoms with van der Waals surface area (Å²) >= 11 is 0. The van der Waals surface area contributed by atoms with Gasteiger partial charge >= 0.3 is 0 Å². The molecule has 0 amide bonds. The highest BCUT2D eigenvalue weighted by Gasteiger charge is 2.08. The van der Waals surface area contributed by atoms with E-state index in [4.69, 9.17) is 0 Å². The summed E-state index contributed by atoms with van der Waals surface area (Å²) in [4.78, 5) is 4.12. The average Bonchev–Trinajstić information content (AvgIpc) is 2.24. The predicted molar refractivity (Wildman–Crippen MR) is 56.0 cm³/mol. The quantitative estimate of drug-likeness (QED) is 0.773. The molecule has 15 heavy (non-hydrogen) atoms. The maximum atomic E-state index is 13.1. The summed E-state index contributed by atoms with van der Waals surface area (Å²) in [5, 5.41) is 9.51. The van der Waals surface area contributed by atoms with E-state index >= 15 is 0 Å². The summed E-state index contributed by atoms with van der Waals surface area (Å²) in [6, 6.07) is 8.02. The van der Waals surface area contributed by atoms with Crippen LogP contribution in [0.15, 0.2) is 36.5 Å². The van der Waals surface area contributed by atoms with E-state index in [-0.39, 0.29) is 5.75 Å². The molecule has 0 radical (unpaired) electrons. The number of aromatic nitrogens is 1. The van der Waals surface area contributed by atoms with E-state index in [1.807, 2.05) is 13.0 Å². The van der Waals surface area contributed by atoms with Gasteiger partial charge in [-0.3, -0.25) is 4.98 Å². The molecule has 1 heterocycles. The lowest BCUT2D eigenvalue weighted by atomic mass is 10.1. The molecule has 1 aromatic carbocycles. The Morgan fingerprint density at radius 2 is 2.00 bits per heavy atom. The van der Waals surface area contributed by atoms with Crippen molar-refractivity contribution in [1.29, 1.82) is 0 Å². The number of phenols is 1. The molecule has 0 saturated heterocycles. The zero-order valence-electron chi connectivity index (χ0n) is 8.24. The first kappa shape index (κ1) is 9.65. The first-order valence-electron chi connectivity index (χ1n) is 4.59. The molecule has 0 aliphatic rings. The van der Waals surface area contributed by atoms with Gasteiger partial charge < -0.3 is 5.11 Å². The Morgan fingerprint density at radius 1 is 1.20 bits per heavy atom. The van der Waals surface area contributed by atoms with Crippen LogP contribution in [0.4, 0.5) is 4.39 Å². The molecule has 0 aliphatic carbocycles. The number of para-hydroxylation sites is 1. The third kappa shape index (κ3) is 1.81. The number of aryl methyl sites for hydroxylation is 1. The molecule has 1 N–H and O–H groups in total. The van der Waals surface area contributed by atoms with Gasteiger partial charge in [0.1, 0.15) is 0 Å². The van der Waals surface area contributed by atoms with Gasteiger partial charge in [0.25, 0.3) is 0 Å². The van der Waals surface area contributed by atoms with Crippen LogP contribution in [-0.2, 0) is 0 Å². The molecule has 1 aromatic heterocycles.